The Morgan fingerprint density at radius 1 is 1.23 bits per heavy atom. The first-order chi connectivity index (χ1) is 14.4. The number of methoxy groups -OCH3 is 1. The molecular formula is C24H33NO5. The number of nitrogens with one attached hydrogen (secondary N) is 1. The standard InChI is InChI=1S/C24H33NO5/c1-15(11-13-20(26)25-17-8-6-4-5-7-9-17)10-12-18-22(27)21-19(14-30-24(21)28)16(2)23(18)29-3/h10,17,27H,4-9,11-14H2,1-3H3,(H,25,26)/b15-10+. The molecule has 2 N–H and O–H groups in total. The summed E-state index contributed by atoms with van der Waals surface area (Å²) < 4.78 is 10.6. The van der Waals surface area contributed by atoms with Crippen LogP contribution in [0.3, 0.4) is 0 Å². The molecule has 0 aromatic heterocycles. The molecule has 6 nitrogen and oxygen atoms in total. The van der Waals surface area contributed by atoms with E-state index in [9.17, 15) is 14.7 Å². The van der Waals surface area contributed by atoms with Crippen LogP contribution in [0.2, 0.25) is 0 Å². The number of carbonyl (C=O) groups is 2. The van der Waals surface area contributed by atoms with E-state index in [4.69, 9.17) is 9.47 Å². The van der Waals surface area contributed by atoms with E-state index in [1.165, 1.54) is 25.7 Å². The molecule has 1 aliphatic heterocycles. The summed E-state index contributed by atoms with van der Waals surface area (Å²) >= 11 is 0. The Hall–Kier alpha value is -2.50. The number of phenolic OH excluding ortho intramolecular Hbond substituents is 1. The van der Waals surface area contributed by atoms with Gasteiger partial charge in [-0.3, -0.25) is 4.79 Å². The van der Waals surface area contributed by atoms with Crippen molar-refractivity contribution in [1.82, 2.24) is 5.32 Å². The van der Waals surface area contributed by atoms with Gasteiger partial charge in [0.1, 0.15) is 23.7 Å². The number of esters is 1. The zero-order valence-corrected chi connectivity index (χ0v) is 18.3. The fourth-order valence-corrected chi connectivity index (χ4v) is 4.44. The molecule has 1 aromatic carbocycles. The van der Waals surface area contributed by atoms with Gasteiger partial charge >= 0.3 is 5.97 Å². The summed E-state index contributed by atoms with van der Waals surface area (Å²) in [5.41, 5.74) is 3.40. The molecule has 1 aromatic rings. The lowest BCUT2D eigenvalue weighted by atomic mass is 9.94. The van der Waals surface area contributed by atoms with E-state index in [1.54, 1.807) is 7.11 Å². The van der Waals surface area contributed by atoms with E-state index in [-0.39, 0.29) is 23.8 Å². The van der Waals surface area contributed by atoms with Crippen LogP contribution in [0.15, 0.2) is 11.6 Å². The molecule has 1 heterocycles. The second-order valence-corrected chi connectivity index (χ2v) is 8.43. The highest BCUT2D eigenvalue weighted by atomic mass is 16.5. The SMILES string of the molecule is COc1c(C)c2c(c(O)c1C/C=C(\C)CCC(=O)NC1CCCCCC1)C(=O)OC2. The van der Waals surface area contributed by atoms with Gasteiger partial charge in [0.2, 0.25) is 5.91 Å². The van der Waals surface area contributed by atoms with E-state index in [0.29, 0.717) is 42.2 Å². The van der Waals surface area contributed by atoms with E-state index >= 15 is 0 Å². The Balaban J connectivity index is 1.62. The van der Waals surface area contributed by atoms with E-state index in [2.05, 4.69) is 5.32 Å². The first-order valence-corrected chi connectivity index (χ1v) is 11.0. The van der Waals surface area contributed by atoms with Crippen LogP contribution in [0.5, 0.6) is 11.5 Å². The van der Waals surface area contributed by atoms with Crippen LogP contribution in [0.1, 0.15) is 85.3 Å². The van der Waals surface area contributed by atoms with Crippen molar-refractivity contribution in [1.29, 1.82) is 0 Å². The third kappa shape index (κ3) is 4.97. The van der Waals surface area contributed by atoms with Crippen LogP contribution < -0.4 is 10.1 Å². The molecule has 3 rings (SSSR count). The van der Waals surface area contributed by atoms with Crippen molar-refractivity contribution in [2.24, 2.45) is 0 Å². The summed E-state index contributed by atoms with van der Waals surface area (Å²) in [6.07, 6.45) is 10.6. The number of phenols is 1. The van der Waals surface area contributed by atoms with E-state index in [1.807, 2.05) is 19.9 Å². The van der Waals surface area contributed by atoms with Gasteiger partial charge in [0.05, 0.1) is 7.11 Å². The third-order valence-corrected chi connectivity index (χ3v) is 6.27. The second-order valence-electron chi connectivity index (χ2n) is 8.43. The monoisotopic (exact) mass is 415 g/mol. The normalized spacial score (nSPS) is 17.3. The predicted molar refractivity (Wildman–Crippen MR) is 115 cm³/mol. The second kappa shape index (κ2) is 10.0. The Bertz CT molecular complexity index is 835. The maximum atomic E-state index is 12.3. The molecule has 164 valence electrons. The van der Waals surface area contributed by atoms with Gasteiger partial charge < -0.3 is 19.9 Å². The Labute approximate surface area is 178 Å². The number of hydrogen-bond donors (Lipinski definition) is 2. The van der Waals surface area contributed by atoms with E-state index < -0.39 is 5.97 Å². The predicted octanol–water partition coefficient (Wildman–Crippen LogP) is 4.49. The molecule has 1 saturated carbocycles. The van der Waals surface area contributed by atoms with Crippen LogP contribution in [-0.2, 0) is 22.6 Å². The summed E-state index contributed by atoms with van der Waals surface area (Å²) in [7, 11) is 1.56. The van der Waals surface area contributed by atoms with Crippen molar-refractivity contribution in [3.05, 3.63) is 33.9 Å². The Morgan fingerprint density at radius 3 is 2.60 bits per heavy atom. The van der Waals surface area contributed by atoms with Crippen molar-refractivity contribution in [2.75, 3.05) is 7.11 Å². The maximum absolute atomic E-state index is 12.3. The number of amides is 1. The van der Waals surface area contributed by atoms with Gasteiger partial charge in [0.15, 0.2) is 0 Å². The van der Waals surface area contributed by atoms with Gasteiger partial charge in [-0.2, -0.15) is 0 Å². The molecule has 0 unspecified atom stereocenters. The van der Waals surface area contributed by atoms with Gasteiger partial charge in [-0.1, -0.05) is 37.3 Å². The lowest BCUT2D eigenvalue weighted by molar-refractivity contribution is -0.121. The molecule has 30 heavy (non-hydrogen) atoms. The number of aromatic hydroxyl groups is 1. The summed E-state index contributed by atoms with van der Waals surface area (Å²) in [6, 6.07) is 0.319. The number of ether oxygens (including phenoxy) is 2. The van der Waals surface area contributed by atoms with Crippen LogP contribution in [0, 0.1) is 6.92 Å². The fraction of sp³-hybridized carbons (Fsp3) is 0.583. The molecule has 0 spiro atoms. The van der Waals surface area contributed by atoms with Crippen molar-refractivity contribution >= 4 is 11.9 Å². The van der Waals surface area contributed by atoms with Gasteiger partial charge in [-0.15, -0.1) is 0 Å². The summed E-state index contributed by atoms with van der Waals surface area (Å²) in [4.78, 5) is 24.3. The molecule has 0 bridgehead atoms. The number of carbonyl (C=O) groups excluding carboxylic acids is 2. The zero-order chi connectivity index (χ0) is 21.7. The number of rotatable bonds is 7. The molecule has 0 atom stereocenters. The Morgan fingerprint density at radius 2 is 1.93 bits per heavy atom. The van der Waals surface area contributed by atoms with Crippen molar-refractivity contribution < 1.29 is 24.2 Å². The highest BCUT2D eigenvalue weighted by Gasteiger charge is 2.31. The van der Waals surface area contributed by atoms with Crippen LogP contribution >= 0.6 is 0 Å². The smallest absolute Gasteiger partial charge is 0.342 e. The number of allylic oxidation sites excluding steroid dienone is 2. The first-order valence-electron chi connectivity index (χ1n) is 11.0. The first kappa shape index (κ1) is 22.2. The molecule has 0 saturated heterocycles. The minimum absolute atomic E-state index is 0.0647. The number of hydrogen-bond acceptors (Lipinski definition) is 5. The van der Waals surface area contributed by atoms with Gasteiger partial charge in [-0.25, -0.2) is 4.79 Å². The summed E-state index contributed by atoms with van der Waals surface area (Å²) in [5.74, 6) is 0.126. The lowest BCUT2D eigenvalue weighted by Crippen LogP contribution is -2.34. The van der Waals surface area contributed by atoms with Gasteiger partial charge in [0.25, 0.3) is 0 Å². The minimum Gasteiger partial charge on any atom is -0.507 e. The maximum Gasteiger partial charge on any atom is 0.342 e. The van der Waals surface area contributed by atoms with E-state index in [0.717, 1.165) is 24.0 Å². The molecular weight excluding hydrogens is 382 g/mol. The summed E-state index contributed by atoms with van der Waals surface area (Å²) in [6.45, 7) is 4.02. The van der Waals surface area contributed by atoms with Crippen LogP contribution in [0.25, 0.3) is 0 Å². The van der Waals surface area contributed by atoms with Crippen LogP contribution in [-0.4, -0.2) is 30.1 Å². The number of cyclic esters (lactones) is 1. The largest absolute Gasteiger partial charge is 0.507 e. The average Bonchev–Trinajstić information content (AvgIpc) is 2.94. The topological polar surface area (TPSA) is 84.9 Å². The zero-order valence-electron chi connectivity index (χ0n) is 18.3. The minimum atomic E-state index is -0.495. The summed E-state index contributed by atoms with van der Waals surface area (Å²) in [5, 5.41) is 13.9. The molecule has 1 amide bonds. The third-order valence-electron chi connectivity index (χ3n) is 6.27. The van der Waals surface area contributed by atoms with Gasteiger partial charge in [0, 0.05) is 23.6 Å². The lowest BCUT2D eigenvalue weighted by Gasteiger charge is -2.16. The number of fused-ring (bicyclic) bond motifs is 1. The van der Waals surface area contributed by atoms with Crippen molar-refractivity contribution in [3.8, 4) is 11.5 Å². The molecule has 2 aliphatic rings. The molecule has 1 aliphatic carbocycles. The average molecular weight is 416 g/mol. The molecule has 0 radical (unpaired) electrons. The van der Waals surface area contributed by atoms with Gasteiger partial charge in [-0.05, 0) is 45.1 Å². The molecule has 6 heteroatoms. The van der Waals surface area contributed by atoms with Crippen molar-refractivity contribution in [2.45, 2.75) is 84.3 Å². The number of benzene rings is 1. The quantitative estimate of drug-likeness (QED) is 0.389. The van der Waals surface area contributed by atoms with Crippen molar-refractivity contribution in [3.63, 3.8) is 0 Å². The fourth-order valence-electron chi connectivity index (χ4n) is 4.44. The molecule has 1 fully saturated rings. The highest BCUT2D eigenvalue weighted by molar-refractivity contribution is 5.98. The van der Waals surface area contributed by atoms with Crippen LogP contribution in [0.4, 0.5) is 0 Å². The Kier molecular flexibility index (Phi) is 7.40. The highest BCUT2D eigenvalue weighted by Crippen LogP contribution is 2.42.